The number of nitrogens with zero attached hydrogens (tertiary/aromatic N) is 1. The maximum Gasteiger partial charge on any atom is 0.243 e. The summed E-state index contributed by atoms with van der Waals surface area (Å²) in [5, 5.41) is 29.0. The highest BCUT2D eigenvalue weighted by Crippen LogP contribution is 2.39. The molecule has 0 aliphatic heterocycles. The highest BCUT2D eigenvalue weighted by molar-refractivity contribution is 6.18. The second-order valence-corrected chi connectivity index (χ2v) is 8.93. The van der Waals surface area contributed by atoms with Gasteiger partial charge in [0.05, 0.1) is 5.69 Å². The van der Waals surface area contributed by atoms with Crippen LogP contribution in [0, 0.1) is 0 Å². The zero-order valence-corrected chi connectivity index (χ0v) is 21.0. The number of hydrogen-bond donors (Lipinski definition) is 4. The van der Waals surface area contributed by atoms with Gasteiger partial charge in [-0.25, -0.2) is 4.90 Å². The van der Waals surface area contributed by atoms with E-state index in [9.17, 15) is 29.7 Å². The average Bonchev–Trinajstić information content (AvgIpc) is 2.79. The number of rotatable bonds is 18. The van der Waals surface area contributed by atoms with Gasteiger partial charge in [0.2, 0.25) is 17.7 Å². The van der Waals surface area contributed by atoms with E-state index in [2.05, 4.69) is 19.1 Å². The average molecular weight is 491 g/mol. The first-order valence-electron chi connectivity index (χ1n) is 12.8. The number of imide groups is 1. The third kappa shape index (κ3) is 12.3. The first-order valence-corrected chi connectivity index (χ1v) is 12.8. The number of phenolic OH excluding ortho intramolecular Hbond substituents is 3. The highest BCUT2D eigenvalue weighted by atomic mass is 16.3. The third-order valence-corrected chi connectivity index (χ3v) is 5.79. The molecule has 0 fully saturated rings. The van der Waals surface area contributed by atoms with Crippen molar-refractivity contribution in [3.05, 3.63) is 24.3 Å². The van der Waals surface area contributed by atoms with E-state index in [-0.39, 0.29) is 12.1 Å². The van der Waals surface area contributed by atoms with Crippen LogP contribution in [0.4, 0.5) is 5.69 Å². The summed E-state index contributed by atoms with van der Waals surface area (Å²) in [6, 6.07) is 1.96. The van der Waals surface area contributed by atoms with Gasteiger partial charge >= 0.3 is 0 Å². The molecule has 0 heterocycles. The van der Waals surface area contributed by atoms with Crippen molar-refractivity contribution in [2.24, 2.45) is 5.73 Å². The third-order valence-electron chi connectivity index (χ3n) is 5.79. The molecule has 0 unspecified atom stereocenters. The minimum atomic E-state index is -0.902. The number of anilines is 1. The number of amides is 3. The molecular weight excluding hydrogens is 448 g/mol. The Kier molecular flexibility index (Phi) is 14.9. The Bertz CT molecular complexity index is 814. The van der Waals surface area contributed by atoms with Gasteiger partial charge in [0.25, 0.3) is 0 Å². The Morgan fingerprint density at radius 2 is 1.26 bits per heavy atom. The fraction of sp³-hybridized carbons (Fsp3) is 0.593. The summed E-state index contributed by atoms with van der Waals surface area (Å²) in [7, 11) is 0. The molecule has 0 aliphatic carbocycles. The lowest BCUT2D eigenvalue weighted by Gasteiger charge is -2.21. The number of benzene rings is 1. The zero-order chi connectivity index (χ0) is 26.1. The molecule has 35 heavy (non-hydrogen) atoms. The number of carbonyl (C=O) groups is 3. The molecule has 0 spiro atoms. The van der Waals surface area contributed by atoms with Crippen molar-refractivity contribution in [1.82, 2.24) is 0 Å². The topological polar surface area (TPSA) is 141 Å². The predicted octanol–water partition coefficient (Wildman–Crippen LogP) is 5.58. The molecule has 0 radical (unpaired) electrons. The minimum absolute atomic E-state index is 0.0606. The normalized spacial score (nSPS) is 11.1. The van der Waals surface area contributed by atoms with Crippen LogP contribution in [0.2, 0.25) is 0 Å². The van der Waals surface area contributed by atoms with Crippen molar-refractivity contribution in [3.8, 4) is 17.2 Å². The number of aromatic hydroxyl groups is 3. The summed E-state index contributed by atoms with van der Waals surface area (Å²) in [6.45, 7) is 2.23. The fourth-order valence-corrected chi connectivity index (χ4v) is 3.83. The second-order valence-electron chi connectivity index (χ2n) is 8.93. The van der Waals surface area contributed by atoms with Gasteiger partial charge in [-0.15, -0.1) is 0 Å². The van der Waals surface area contributed by atoms with Crippen molar-refractivity contribution < 1.29 is 29.7 Å². The van der Waals surface area contributed by atoms with E-state index in [1.165, 1.54) is 38.5 Å². The van der Waals surface area contributed by atoms with Crippen LogP contribution in [0.15, 0.2) is 24.3 Å². The van der Waals surface area contributed by atoms with Crippen LogP contribution < -0.4 is 10.6 Å². The summed E-state index contributed by atoms with van der Waals surface area (Å²) in [4.78, 5) is 37.1. The van der Waals surface area contributed by atoms with Crippen LogP contribution in [-0.2, 0) is 14.4 Å². The number of hydrogen-bond acceptors (Lipinski definition) is 6. The molecule has 1 aromatic rings. The number of allylic oxidation sites excluding steroid dienone is 2. The number of nitrogens with two attached hydrogens (primary N) is 1. The van der Waals surface area contributed by atoms with E-state index in [4.69, 9.17) is 5.73 Å². The smallest absolute Gasteiger partial charge is 0.243 e. The Morgan fingerprint density at radius 3 is 1.77 bits per heavy atom. The van der Waals surface area contributed by atoms with Gasteiger partial charge in [0.15, 0.2) is 17.2 Å². The molecule has 0 saturated carbocycles. The molecule has 0 atom stereocenters. The first kappa shape index (κ1) is 30.0. The van der Waals surface area contributed by atoms with E-state index >= 15 is 0 Å². The largest absolute Gasteiger partial charge is 0.504 e. The van der Waals surface area contributed by atoms with E-state index < -0.39 is 41.4 Å². The van der Waals surface area contributed by atoms with E-state index in [0.29, 0.717) is 6.42 Å². The number of unbranched alkanes of at least 4 members (excludes halogenated alkanes) is 11. The summed E-state index contributed by atoms with van der Waals surface area (Å²) in [6.07, 6.45) is 18.4. The molecule has 1 rings (SSSR count). The Hall–Kier alpha value is -3.03. The summed E-state index contributed by atoms with van der Waals surface area (Å²) < 4.78 is 0. The van der Waals surface area contributed by atoms with Gasteiger partial charge in [-0.3, -0.25) is 14.4 Å². The van der Waals surface area contributed by atoms with Gasteiger partial charge in [-0.05, 0) is 32.1 Å². The van der Waals surface area contributed by atoms with Gasteiger partial charge in [0.1, 0.15) is 6.42 Å². The van der Waals surface area contributed by atoms with E-state index in [0.717, 1.165) is 55.6 Å². The monoisotopic (exact) mass is 490 g/mol. The standard InChI is InChI=1S/C27H42N2O6/c1-2-3-4-5-6-7-8-9-10-11-12-13-14-15-16-17-25(33)29(26(34)20-24(28)32)21-18-22(30)27(35)23(31)19-21/h9-10,18-19,30-31,35H,2-8,11-17,20H2,1H3,(H2,28,32). The summed E-state index contributed by atoms with van der Waals surface area (Å²) >= 11 is 0. The van der Waals surface area contributed by atoms with Gasteiger partial charge in [-0.2, -0.15) is 0 Å². The maximum absolute atomic E-state index is 12.7. The van der Waals surface area contributed by atoms with Gasteiger partial charge < -0.3 is 21.1 Å². The Labute approximate surface area is 208 Å². The van der Waals surface area contributed by atoms with Crippen molar-refractivity contribution in [2.75, 3.05) is 4.90 Å². The van der Waals surface area contributed by atoms with E-state index in [1.807, 2.05) is 0 Å². The SMILES string of the molecule is CCCCCCCCC=CCCCCCCCC(=O)N(C(=O)CC(N)=O)c1cc(O)c(O)c(O)c1. The highest BCUT2D eigenvalue weighted by Gasteiger charge is 2.26. The van der Waals surface area contributed by atoms with E-state index in [1.54, 1.807) is 0 Å². The molecule has 0 saturated heterocycles. The number of carbonyl (C=O) groups excluding carboxylic acids is 3. The molecule has 1 aromatic carbocycles. The van der Waals surface area contributed by atoms with Crippen LogP contribution in [0.25, 0.3) is 0 Å². The molecule has 0 bridgehead atoms. The van der Waals surface area contributed by atoms with Crippen molar-refractivity contribution in [3.63, 3.8) is 0 Å². The maximum atomic E-state index is 12.7. The molecule has 3 amide bonds. The Balaban J connectivity index is 2.36. The predicted molar refractivity (Wildman–Crippen MR) is 137 cm³/mol. The van der Waals surface area contributed by atoms with Crippen LogP contribution in [-0.4, -0.2) is 33.0 Å². The second kappa shape index (κ2) is 17.4. The minimum Gasteiger partial charge on any atom is -0.504 e. The number of phenols is 3. The van der Waals surface area contributed by atoms with Gasteiger partial charge in [0, 0.05) is 18.6 Å². The molecule has 0 aliphatic rings. The molecule has 196 valence electrons. The Morgan fingerprint density at radius 1 is 0.771 bits per heavy atom. The van der Waals surface area contributed by atoms with Crippen LogP contribution in [0.3, 0.4) is 0 Å². The number of primary amides is 1. The van der Waals surface area contributed by atoms with Gasteiger partial charge in [-0.1, -0.05) is 70.4 Å². The van der Waals surface area contributed by atoms with Crippen molar-refractivity contribution in [2.45, 2.75) is 103 Å². The molecule has 5 N–H and O–H groups in total. The fourth-order valence-electron chi connectivity index (χ4n) is 3.83. The lowest BCUT2D eigenvalue weighted by Crippen LogP contribution is -2.39. The molecule has 8 nitrogen and oxygen atoms in total. The van der Waals surface area contributed by atoms with Crippen molar-refractivity contribution in [1.29, 1.82) is 0 Å². The lowest BCUT2D eigenvalue weighted by atomic mass is 10.1. The van der Waals surface area contributed by atoms with Crippen LogP contribution in [0.5, 0.6) is 17.2 Å². The zero-order valence-electron chi connectivity index (χ0n) is 21.0. The summed E-state index contributed by atoms with van der Waals surface area (Å²) in [5.74, 6) is -4.48. The van der Waals surface area contributed by atoms with Crippen LogP contribution in [0.1, 0.15) is 103 Å². The first-order chi connectivity index (χ1) is 16.8. The molecular formula is C27H42N2O6. The molecule has 0 aromatic heterocycles. The van der Waals surface area contributed by atoms with Crippen LogP contribution >= 0.6 is 0 Å². The molecule has 8 heteroatoms. The lowest BCUT2D eigenvalue weighted by molar-refractivity contribution is -0.129. The quantitative estimate of drug-likeness (QED) is 0.0916. The summed E-state index contributed by atoms with van der Waals surface area (Å²) in [5.41, 5.74) is 4.95. The van der Waals surface area contributed by atoms with Crippen molar-refractivity contribution >= 4 is 23.4 Å².